The van der Waals surface area contributed by atoms with E-state index >= 15 is 0 Å². The molecule has 2 aromatic carbocycles. The summed E-state index contributed by atoms with van der Waals surface area (Å²) >= 11 is 0. The first-order valence-electron chi connectivity index (χ1n) is 10.0. The van der Waals surface area contributed by atoms with E-state index < -0.39 is 0 Å². The van der Waals surface area contributed by atoms with Gasteiger partial charge in [-0.05, 0) is 60.2 Å². The van der Waals surface area contributed by atoms with Crippen LogP contribution < -0.4 is 0 Å². The third-order valence-corrected chi connectivity index (χ3v) is 5.29. The molecule has 144 valence electrons. The van der Waals surface area contributed by atoms with Gasteiger partial charge in [-0.1, -0.05) is 39.0 Å². The highest BCUT2D eigenvalue weighted by Crippen LogP contribution is 2.38. The number of rotatable bonds is 2. The number of pyridine rings is 2. The second-order valence-corrected chi connectivity index (χ2v) is 9.10. The van der Waals surface area contributed by atoms with Crippen molar-refractivity contribution in [3.8, 4) is 11.3 Å². The SMILES string of the molecule is Cc1cnc2c(ccc3c4cccc(-c5cc(CC(C)(C)C)ccn5)c4oc32)c1. The second kappa shape index (κ2) is 6.41. The third kappa shape index (κ3) is 3.17. The summed E-state index contributed by atoms with van der Waals surface area (Å²) in [5.41, 5.74) is 7.26. The highest BCUT2D eigenvalue weighted by Gasteiger charge is 2.17. The second-order valence-electron chi connectivity index (χ2n) is 9.10. The van der Waals surface area contributed by atoms with E-state index in [1.54, 1.807) is 0 Å². The molecule has 0 amide bonds. The lowest BCUT2D eigenvalue weighted by Gasteiger charge is -2.18. The van der Waals surface area contributed by atoms with Gasteiger partial charge in [-0.2, -0.15) is 0 Å². The van der Waals surface area contributed by atoms with Crippen LogP contribution >= 0.6 is 0 Å². The summed E-state index contributed by atoms with van der Waals surface area (Å²) in [6.07, 6.45) is 4.80. The molecule has 0 spiro atoms. The first kappa shape index (κ1) is 17.9. The van der Waals surface area contributed by atoms with E-state index in [0.29, 0.717) is 0 Å². The van der Waals surface area contributed by atoms with E-state index in [-0.39, 0.29) is 5.41 Å². The normalized spacial score (nSPS) is 12.3. The Balaban J connectivity index is 1.74. The van der Waals surface area contributed by atoms with Crippen molar-refractivity contribution in [2.75, 3.05) is 0 Å². The molecule has 3 aromatic heterocycles. The summed E-state index contributed by atoms with van der Waals surface area (Å²) in [6, 6.07) is 17.0. The highest BCUT2D eigenvalue weighted by atomic mass is 16.3. The van der Waals surface area contributed by atoms with Crippen molar-refractivity contribution < 1.29 is 4.42 Å². The maximum absolute atomic E-state index is 6.43. The van der Waals surface area contributed by atoms with Crippen molar-refractivity contribution in [1.82, 2.24) is 9.97 Å². The fourth-order valence-corrected chi connectivity index (χ4v) is 4.11. The van der Waals surface area contributed by atoms with Crippen molar-refractivity contribution in [2.24, 2.45) is 5.41 Å². The van der Waals surface area contributed by atoms with Gasteiger partial charge in [0.05, 0.1) is 5.69 Å². The predicted molar refractivity (Wildman–Crippen MR) is 120 cm³/mol. The predicted octanol–water partition coefficient (Wildman–Crippen LogP) is 7.09. The van der Waals surface area contributed by atoms with Gasteiger partial charge in [0.15, 0.2) is 5.58 Å². The summed E-state index contributed by atoms with van der Waals surface area (Å²) in [4.78, 5) is 9.31. The molecule has 0 aliphatic heterocycles. The fourth-order valence-electron chi connectivity index (χ4n) is 4.11. The van der Waals surface area contributed by atoms with Crippen LogP contribution in [0.4, 0.5) is 0 Å². The molecule has 0 saturated carbocycles. The van der Waals surface area contributed by atoms with Crippen molar-refractivity contribution >= 4 is 32.8 Å². The quantitative estimate of drug-likeness (QED) is 0.328. The zero-order valence-electron chi connectivity index (χ0n) is 17.3. The molecule has 0 bridgehead atoms. The summed E-state index contributed by atoms with van der Waals surface area (Å²) in [5.74, 6) is 0. The molecular formula is C26H24N2O. The van der Waals surface area contributed by atoms with Gasteiger partial charge in [-0.15, -0.1) is 0 Å². The first-order chi connectivity index (χ1) is 13.9. The van der Waals surface area contributed by atoms with Crippen LogP contribution in [0, 0.1) is 12.3 Å². The molecule has 0 unspecified atom stereocenters. The number of hydrogen-bond acceptors (Lipinski definition) is 3. The summed E-state index contributed by atoms with van der Waals surface area (Å²) in [6.45, 7) is 8.83. The van der Waals surface area contributed by atoms with E-state index in [1.807, 2.05) is 12.4 Å². The monoisotopic (exact) mass is 380 g/mol. The molecular weight excluding hydrogens is 356 g/mol. The zero-order valence-corrected chi connectivity index (χ0v) is 17.3. The summed E-state index contributed by atoms with van der Waals surface area (Å²) < 4.78 is 6.43. The number of fused-ring (bicyclic) bond motifs is 5. The van der Waals surface area contributed by atoms with Crippen LogP contribution in [0.5, 0.6) is 0 Å². The fraction of sp³-hybridized carbons (Fsp3) is 0.231. The Bertz CT molecular complexity index is 1370. The minimum atomic E-state index is 0.229. The Morgan fingerprint density at radius 3 is 2.55 bits per heavy atom. The Hall–Kier alpha value is -3.20. The molecule has 3 heterocycles. The standard InChI is InChI=1S/C26H24N2O/c1-16-12-18-8-9-20-19-6-5-7-21(24(19)29-25(20)23(18)28-15-16)22-13-17(10-11-27-22)14-26(2,3)4/h5-13,15H,14H2,1-4H3. The third-order valence-electron chi connectivity index (χ3n) is 5.29. The summed E-state index contributed by atoms with van der Waals surface area (Å²) in [7, 11) is 0. The number of aryl methyl sites for hydroxylation is 1. The molecule has 0 fully saturated rings. The Labute approximate surface area is 170 Å². The molecule has 5 rings (SSSR count). The van der Waals surface area contributed by atoms with Crippen LogP contribution in [0.3, 0.4) is 0 Å². The average molecular weight is 380 g/mol. The van der Waals surface area contributed by atoms with Crippen LogP contribution in [0.1, 0.15) is 31.9 Å². The van der Waals surface area contributed by atoms with E-state index in [0.717, 1.165) is 56.1 Å². The molecule has 29 heavy (non-hydrogen) atoms. The Morgan fingerprint density at radius 2 is 1.72 bits per heavy atom. The average Bonchev–Trinajstić information content (AvgIpc) is 3.05. The van der Waals surface area contributed by atoms with Crippen molar-refractivity contribution in [2.45, 2.75) is 34.1 Å². The molecule has 0 aliphatic rings. The molecule has 0 saturated heterocycles. The number of benzene rings is 2. The van der Waals surface area contributed by atoms with Gasteiger partial charge in [0.25, 0.3) is 0 Å². The topological polar surface area (TPSA) is 38.9 Å². The number of nitrogens with zero attached hydrogens (tertiary/aromatic N) is 2. The van der Waals surface area contributed by atoms with Crippen LogP contribution in [0.15, 0.2) is 65.3 Å². The largest absolute Gasteiger partial charge is 0.453 e. The van der Waals surface area contributed by atoms with Crippen LogP contribution in [0.2, 0.25) is 0 Å². The minimum Gasteiger partial charge on any atom is -0.453 e. The van der Waals surface area contributed by atoms with Gasteiger partial charge in [0.1, 0.15) is 11.1 Å². The van der Waals surface area contributed by atoms with Crippen molar-refractivity contribution in [3.63, 3.8) is 0 Å². The van der Waals surface area contributed by atoms with Gasteiger partial charge in [-0.3, -0.25) is 9.97 Å². The molecule has 0 radical (unpaired) electrons. The van der Waals surface area contributed by atoms with Crippen molar-refractivity contribution in [3.05, 3.63) is 72.1 Å². The van der Waals surface area contributed by atoms with E-state index in [2.05, 4.69) is 86.2 Å². The molecule has 0 atom stereocenters. The smallest absolute Gasteiger partial charge is 0.161 e. The van der Waals surface area contributed by atoms with Gasteiger partial charge in [-0.25, -0.2) is 0 Å². The Morgan fingerprint density at radius 1 is 0.897 bits per heavy atom. The molecule has 3 heteroatoms. The van der Waals surface area contributed by atoms with Gasteiger partial charge < -0.3 is 4.42 Å². The zero-order chi connectivity index (χ0) is 20.2. The number of furan rings is 1. The van der Waals surface area contributed by atoms with E-state index in [9.17, 15) is 0 Å². The van der Waals surface area contributed by atoms with E-state index in [1.165, 1.54) is 5.56 Å². The summed E-state index contributed by atoms with van der Waals surface area (Å²) in [5, 5.41) is 3.30. The first-order valence-corrected chi connectivity index (χ1v) is 10.0. The molecule has 0 N–H and O–H groups in total. The Kier molecular flexibility index (Phi) is 3.95. The lowest BCUT2D eigenvalue weighted by atomic mass is 9.88. The van der Waals surface area contributed by atoms with E-state index in [4.69, 9.17) is 4.42 Å². The number of hydrogen-bond donors (Lipinski definition) is 0. The maximum Gasteiger partial charge on any atom is 0.161 e. The van der Waals surface area contributed by atoms with Gasteiger partial charge in [0.2, 0.25) is 0 Å². The van der Waals surface area contributed by atoms with Crippen LogP contribution in [-0.4, -0.2) is 9.97 Å². The highest BCUT2D eigenvalue weighted by molar-refractivity contribution is 6.16. The lowest BCUT2D eigenvalue weighted by molar-refractivity contribution is 0.411. The maximum atomic E-state index is 6.43. The van der Waals surface area contributed by atoms with Crippen molar-refractivity contribution in [1.29, 1.82) is 0 Å². The van der Waals surface area contributed by atoms with Crippen LogP contribution in [0.25, 0.3) is 44.1 Å². The number of para-hydroxylation sites is 1. The number of aromatic nitrogens is 2. The lowest BCUT2D eigenvalue weighted by Crippen LogP contribution is -2.09. The van der Waals surface area contributed by atoms with Gasteiger partial charge >= 0.3 is 0 Å². The minimum absolute atomic E-state index is 0.229. The molecule has 3 nitrogen and oxygen atoms in total. The van der Waals surface area contributed by atoms with Gasteiger partial charge in [0, 0.05) is 34.1 Å². The molecule has 0 aliphatic carbocycles. The van der Waals surface area contributed by atoms with Crippen LogP contribution in [-0.2, 0) is 6.42 Å². The molecule has 5 aromatic rings.